The highest BCUT2D eigenvalue weighted by Gasteiger charge is 2.31. The largest absolute Gasteiger partial charge is 0.377 e. The van der Waals surface area contributed by atoms with Crippen LogP contribution in [0.3, 0.4) is 0 Å². The Kier molecular flexibility index (Phi) is 4.81. The third-order valence-corrected chi connectivity index (χ3v) is 5.15. The van der Waals surface area contributed by atoms with Gasteiger partial charge in [-0.2, -0.15) is 5.10 Å². The summed E-state index contributed by atoms with van der Waals surface area (Å²) in [7, 11) is 0. The maximum absolute atomic E-state index is 12.6. The summed E-state index contributed by atoms with van der Waals surface area (Å²) in [5, 5.41) is 7.59. The van der Waals surface area contributed by atoms with Crippen molar-refractivity contribution in [2.24, 2.45) is 5.92 Å². The highest BCUT2D eigenvalue weighted by molar-refractivity contribution is 5.93. The molecule has 1 amide bonds. The molecule has 0 spiro atoms. The number of amides is 1. The highest BCUT2D eigenvalue weighted by atomic mass is 16.5. The fourth-order valence-electron chi connectivity index (χ4n) is 3.83. The zero-order valence-electron chi connectivity index (χ0n) is 13.7. The number of hydrogen-bond acceptors (Lipinski definition) is 3. The Balaban J connectivity index is 1.68. The van der Waals surface area contributed by atoms with Crippen molar-refractivity contribution in [1.82, 2.24) is 9.78 Å². The number of carbonyl (C=O) groups is 1. The first-order chi connectivity index (χ1) is 10.7. The van der Waals surface area contributed by atoms with Gasteiger partial charge in [0, 0.05) is 6.61 Å². The molecule has 2 atom stereocenters. The summed E-state index contributed by atoms with van der Waals surface area (Å²) in [6.45, 7) is 4.91. The van der Waals surface area contributed by atoms with Crippen molar-refractivity contribution >= 4 is 11.6 Å². The summed E-state index contributed by atoms with van der Waals surface area (Å²) in [6.07, 6.45) is 9.59. The van der Waals surface area contributed by atoms with Crippen molar-refractivity contribution < 1.29 is 9.53 Å². The molecule has 2 heterocycles. The molecule has 122 valence electrons. The minimum atomic E-state index is -0.0343. The van der Waals surface area contributed by atoms with Gasteiger partial charge < -0.3 is 10.1 Å². The van der Waals surface area contributed by atoms with Crippen molar-refractivity contribution in [3.63, 3.8) is 0 Å². The number of carbonyl (C=O) groups excluding carboxylic acids is 1. The summed E-state index contributed by atoms with van der Waals surface area (Å²) in [5.41, 5.74) is 1.93. The monoisotopic (exact) mass is 305 g/mol. The molecular formula is C17H27N3O2. The molecule has 2 fully saturated rings. The molecule has 5 heteroatoms. The zero-order chi connectivity index (χ0) is 15.5. The number of ether oxygens (including phenoxy) is 1. The molecule has 22 heavy (non-hydrogen) atoms. The van der Waals surface area contributed by atoms with Crippen LogP contribution in [0, 0.1) is 12.8 Å². The Hall–Kier alpha value is -1.36. The Bertz CT molecular complexity index is 520. The van der Waals surface area contributed by atoms with Crippen molar-refractivity contribution in [3.8, 4) is 0 Å². The van der Waals surface area contributed by atoms with Crippen LogP contribution in [0.15, 0.2) is 6.20 Å². The fourth-order valence-corrected chi connectivity index (χ4v) is 3.83. The molecule has 1 saturated heterocycles. The molecule has 0 aromatic carbocycles. The van der Waals surface area contributed by atoms with Crippen LogP contribution in [0.1, 0.15) is 63.6 Å². The van der Waals surface area contributed by atoms with Gasteiger partial charge in [0.1, 0.15) is 0 Å². The smallest absolute Gasteiger partial charge is 0.230 e. The predicted octanol–water partition coefficient (Wildman–Crippen LogP) is 3.45. The second-order valence-electron chi connectivity index (χ2n) is 6.58. The number of hydrogen-bond donors (Lipinski definition) is 1. The molecule has 1 aromatic heterocycles. The summed E-state index contributed by atoms with van der Waals surface area (Å²) >= 11 is 0. The normalized spacial score (nSPS) is 26.3. The highest BCUT2D eigenvalue weighted by Crippen LogP contribution is 2.32. The molecule has 3 rings (SSSR count). The molecule has 0 radical (unpaired) electrons. The van der Waals surface area contributed by atoms with E-state index in [-0.39, 0.29) is 17.9 Å². The zero-order valence-corrected chi connectivity index (χ0v) is 13.7. The van der Waals surface area contributed by atoms with Crippen molar-refractivity contribution in [3.05, 3.63) is 11.9 Å². The van der Waals surface area contributed by atoms with Gasteiger partial charge in [-0.25, -0.2) is 0 Å². The molecule has 0 unspecified atom stereocenters. The van der Waals surface area contributed by atoms with Gasteiger partial charge in [-0.15, -0.1) is 0 Å². The minimum absolute atomic E-state index is 0.0343. The van der Waals surface area contributed by atoms with Gasteiger partial charge >= 0.3 is 0 Å². The lowest BCUT2D eigenvalue weighted by atomic mass is 9.92. The second kappa shape index (κ2) is 6.82. The first-order valence-corrected chi connectivity index (χ1v) is 8.67. The van der Waals surface area contributed by atoms with E-state index in [4.69, 9.17) is 4.74 Å². The van der Waals surface area contributed by atoms with Crippen LogP contribution in [0.4, 0.5) is 5.69 Å². The lowest BCUT2D eigenvalue weighted by Gasteiger charge is -2.30. The van der Waals surface area contributed by atoms with Gasteiger partial charge in [-0.3, -0.25) is 9.48 Å². The molecule has 1 N–H and O–H groups in total. The number of aromatic nitrogens is 2. The Labute approximate surface area is 132 Å². The van der Waals surface area contributed by atoms with E-state index >= 15 is 0 Å². The van der Waals surface area contributed by atoms with Crippen LogP contribution in [-0.2, 0) is 9.53 Å². The molecule has 1 saturated carbocycles. The van der Waals surface area contributed by atoms with E-state index in [2.05, 4.69) is 28.9 Å². The molecule has 1 aliphatic carbocycles. The molecule has 0 bridgehead atoms. The van der Waals surface area contributed by atoms with Gasteiger partial charge in [0.2, 0.25) is 5.91 Å². The van der Waals surface area contributed by atoms with Gasteiger partial charge in [0.25, 0.3) is 0 Å². The second-order valence-corrected chi connectivity index (χ2v) is 6.58. The average molecular weight is 305 g/mol. The first kappa shape index (κ1) is 15.5. The van der Waals surface area contributed by atoms with Crippen LogP contribution in [0.25, 0.3) is 0 Å². The summed E-state index contributed by atoms with van der Waals surface area (Å²) in [6, 6.07) is 0.507. The van der Waals surface area contributed by atoms with Crippen molar-refractivity contribution in [1.29, 1.82) is 0 Å². The van der Waals surface area contributed by atoms with Gasteiger partial charge in [-0.05, 0) is 39.0 Å². The SMILES string of the molecule is CC[C@@H]1OCCC[C@H]1C(=O)Nc1cnn(C2CCCC2)c1C. The minimum Gasteiger partial charge on any atom is -0.377 e. The Morgan fingerprint density at radius 3 is 2.86 bits per heavy atom. The lowest BCUT2D eigenvalue weighted by Crippen LogP contribution is -2.37. The maximum atomic E-state index is 12.6. The molecule has 1 aromatic rings. The Morgan fingerprint density at radius 2 is 2.14 bits per heavy atom. The van der Waals surface area contributed by atoms with Crippen molar-refractivity contribution in [2.75, 3.05) is 11.9 Å². The number of nitrogens with one attached hydrogen (secondary N) is 1. The Morgan fingerprint density at radius 1 is 1.36 bits per heavy atom. The number of nitrogens with zero attached hydrogens (tertiary/aromatic N) is 2. The van der Waals surface area contributed by atoms with E-state index in [1.165, 1.54) is 25.7 Å². The van der Waals surface area contributed by atoms with Crippen LogP contribution in [0.2, 0.25) is 0 Å². The number of rotatable bonds is 4. The predicted molar refractivity (Wildman–Crippen MR) is 85.9 cm³/mol. The quantitative estimate of drug-likeness (QED) is 0.927. The number of anilines is 1. The molecule has 1 aliphatic heterocycles. The van der Waals surface area contributed by atoms with E-state index in [1.54, 1.807) is 6.20 Å². The van der Waals surface area contributed by atoms with Crippen LogP contribution in [-0.4, -0.2) is 28.4 Å². The third-order valence-electron chi connectivity index (χ3n) is 5.15. The van der Waals surface area contributed by atoms with Gasteiger partial charge in [-0.1, -0.05) is 19.8 Å². The average Bonchev–Trinajstić information content (AvgIpc) is 3.18. The molecular weight excluding hydrogens is 278 g/mol. The summed E-state index contributed by atoms with van der Waals surface area (Å²) in [5.74, 6) is 0.0496. The van der Waals surface area contributed by atoms with Crippen LogP contribution in [0.5, 0.6) is 0 Å². The van der Waals surface area contributed by atoms with Crippen LogP contribution >= 0.6 is 0 Å². The van der Waals surface area contributed by atoms with E-state index in [0.29, 0.717) is 6.04 Å². The third kappa shape index (κ3) is 3.05. The first-order valence-electron chi connectivity index (χ1n) is 8.67. The summed E-state index contributed by atoms with van der Waals surface area (Å²) < 4.78 is 7.83. The van der Waals surface area contributed by atoms with E-state index in [0.717, 1.165) is 37.3 Å². The fraction of sp³-hybridized carbons (Fsp3) is 0.765. The standard InChI is InChI=1S/C17H27N3O2/c1-3-16-14(9-6-10-22-16)17(21)19-15-11-18-20(12(15)2)13-7-4-5-8-13/h11,13-14,16H,3-10H2,1-2H3,(H,19,21)/t14-,16+/m1/s1. The lowest BCUT2D eigenvalue weighted by molar-refractivity contribution is -0.129. The molecule has 5 nitrogen and oxygen atoms in total. The van der Waals surface area contributed by atoms with E-state index in [9.17, 15) is 4.79 Å². The van der Waals surface area contributed by atoms with E-state index in [1.807, 2.05) is 0 Å². The summed E-state index contributed by atoms with van der Waals surface area (Å²) in [4.78, 5) is 12.6. The van der Waals surface area contributed by atoms with E-state index < -0.39 is 0 Å². The van der Waals surface area contributed by atoms with Crippen LogP contribution < -0.4 is 5.32 Å². The maximum Gasteiger partial charge on any atom is 0.230 e. The van der Waals surface area contributed by atoms with Gasteiger partial charge in [0.15, 0.2) is 0 Å². The van der Waals surface area contributed by atoms with Crippen molar-refractivity contribution in [2.45, 2.75) is 70.9 Å². The topological polar surface area (TPSA) is 56.1 Å². The van der Waals surface area contributed by atoms with Gasteiger partial charge in [0.05, 0.1) is 35.6 Å². The molecule has 2 aliphatic rings.